The zero-order valence-corrected chi connectivity index (χ0v) is 12.8. The molecule has 0 atom stereocenters. The molecule has 0 aliphatic heterocycles. The van der Waals surface area contributed by atoms with Gasteiger partial charge < -0.3 is 14.0 Å². The molecule has 5 nitrogen and oxygen atoms in total. The number of hydrogen-bond acceptors (Lipinski definition) is 4. The number of aryl methyl sites for hydroxylation is 1. The van der Waals surface area contributed by atoms with Crippen molar-refractivity contribution in [1.82, 2.24) is 14.5 Å². The van der Waals surface area contributed by atoms with Gasteiger partial charge in [-0.2, -0.15) is 0 Å². The van der Waals surface area contributed by atoms with Crippen LogP contribution in [-0.4, -0.2) is 35.4 Å². The standard InChI is InChI=1S/C17H19N3O2/c1-21-11-5-10-20-16(13-6-3-7-14(12-13)22-2)19-15-8-4-9-18-17(15)20/h3-4,6-9,12H,5,10-11H2,1-2H3. The number of fused-ring (bicyclic) bond motifs is 1. The molecule has 3 rings (SSSR count). The molecular weight excluding hydrogens is 278 g/mol. The van der Waals surface area contributed by atoms with Gasteiger partial charge in [0.05, 0.1) is 7.11 Å². The normalized spacial score (nSPS) is 11.0. The summed E-state index contributed by atoms with van der Waals surface area (Å²) in [5, 5.41) is 0. The Bertz CT molecular complexity index is 767. The van der Waals surface area contributed by atoms with E-state index in [0.717, 1.165) is 41.3 Å². The largest absolute Gasteiger partial charge is 0.497 e. The predicted octanol–water partition coefficient (Wildman–Crippen LogP) is 3.14. The molecule has 0 unspecified atom stereocenters. The molecule has 3 aromatic rings. The highest BCUT2D eigenvalue weighted by Crippen LogP contribution is 2.26. The lowest BCUT2D eigenvalue weighted by Gasteiger charge is -2.09. The molecule has 0 N–H and O–H groups in total. The lowest BCUT2D eigenvalue weighted by atomic mass is 10.2. The molecule has 5 heteroatoms. The van der Waals surface area contributed by atoms with Gasteiger partial charge in [0, 0.05) is 32.0 Å². The van der Waals surface area contributed by atoms with Crippen LogP contribution >= 0.6 is 0 Å². The Balaban J connectivity index is 2.08. The van der Waals surface area contributed by atoms with E-state index in [1.54, 1.807) is 20.4 Å². The van der Waals surface area contributed by atoms with Crippen LogP contribution in [0.1, 0.15) is 6.42 Å². The number of rotatable bonds is 6. The summed E-state index contributed by atoms with van der Waals surface area (Å²) in [4.78, 5) is 9.22. The van der Waals surface area contributed by atoms with E-state index in [1.165, 1.54) is 0 Å². The Labute approximate surface area is 129 Å². The van der Waals surface area contributed by atoms with Crippen molar-refractivity contribution in [3.05, 3.63) is 42.6 Å². The second-order valence-electron chi connectivity index (χ2n) is 5.01. The van der Waals surface area contributed by atoms with Crippen molar-refractivity contribution in [1.29, 1.82) is 0 Å². The van der Waals surface area contributed by atoms with Crippen LogP contribution in [0.5, 0.6) is 5.75 Å². The number of imidazole rings is 1. The molecule has 0 saturated heterocycles. The van der Waals surface area contributed by atoms with Gasteiger partial charge in [-0.25, -0.2) is 9.97 Å². The smallest absolute Gasteiger partial charge is 0.160 e. The number of benzene rings is 1. The first-order valence-corrected chi connectivity index (χ1v) is 7.28. The fourth-order valence-corrected chi connectivity index (χ4v) is 2.52. The third-order valence-corrected chi connectivity index (χ3v) is 3.56. The molecule has 114 valence electrons. The SMILES string of the molecule is COCCCn1c(-c2cccc(OC)c2)nc2cccnc21. The molecule has 0 fully saturated rings. The fraction of sp³-hybridized carbons (Fsp3) is 0.294. The number of ether oxygens (including phenoxy) is 2. The van der Waals surface area contributed by atoms with Gasteiger partial charge in [-0.3, -0.25) is 0 Å². The monoisotopic (exact) mass is 297 g/mol. The van der Waals surface area contributed by atoms with Crippen LogP contribution in [0.25, 0.3) is 22.6 Å². The second kappa shape index (κ2) is 6.58. The van der Waals surface area contributed by atoms with Crippen molar-refractivity contribution in [3.8, 4) is 17.1 Å². The average molecular weight is 297 g/mol. The van der Waals surface area contributed by atoms with Crippen LogP contribution in [0.4, 0.5) is 0 Å². The van der Waals surface area contributed by atoms with Crippen LogP contribution < -0.4 is 4.74 Å². The quantitative estimate of drug-likeness (QED) is 0.656. The van der Waals surface area contributed by atoms with Crippen molar-refractivity contribution in [2.75, 3.05) is 20.8 Å². The molecule has 0 spiro atoms. The summed E-state index contributed by atoms with van der Waals surface area (Å²) in [6, 6.07) is 11.8. The molecule has 0 amide bonds. The Morgan fingerprint density at radius 1 is 1.14 bits per heavy atom. The molecule has 22 heavy (non-hydrogen) atoms. The third-order valence-electron chi connectivity index (χ3n) is 3.56. The highest BCUT2D eigenvalue weighted by molar-refractivity contribution is 5.77. The molecule has 0 radical (unpaired) electrons. The maximum Gasteiger partial charge on any atom is 0.160 e. The van der Waals surface area contributed by atoms with E-state index in [0.29, 0.717) is 6.61 Å². The van der Waals surface area contributed by atoms with E-state index in [9.17, 15) is 0 Å². The van der Waals surface area contributed by atoms with E-state index < -0.39 is 0 Å². The van der Waals surface area contributed by atoms with Crippen LogP contribution in [0.3, 0.4) is 0 Å². The van der Waals surface area contributed by atoms with Crippen LogP contribution in [-0.2, 0) is 11.3 Å². The lowest BCUT2D eigenvalue weighted by molar-refractivity contribution is 0.191. The van der Waals surface area contributed by atoms with Crippen molar-refractivity contribution < 1.29 is 9.47 Å². The third kappa shape index (κ3) is 2.80. The first-order chi connectivity index (χ1) is 10.8. The van der Waals surface area contributed by atoms with E-state index >= 15 is 0 Å². The van der Waals surface area contributed by atoms with E-state index in [1.807, 2.05) is 36.4 Å². The number of aromatic nitrogens is 3. The van der Waals surface area contributed by atoms with Crippen LogP contribution in [0.2, 0.25) is 0 Å². The number of methoxy groups -OCH3 is 2. The van der Waals surface area contributed by atoms with Gasteiger partial charge in [0.15, 0.2) is 5.65 Å². The number of pyridine rings is 1. The summed E-state index contributed by atoms with van der Waals surface area (Å²) < 4.78 is 12.6. The highest BCUT2D eigenvalue weighted by atomic mass is 16.5. The minimum absolute atomic E-state index is 0.712. The summed E-state index contributed by atoms with van der Waals surface area (Å²) in [5.74, 6) is 1.73. The van der Waals surface area contributed by atoms with Crippen molar-refractivity contribution in [2.24, 2.45) is 0 Å². The number of nitrogens with zero attached hydrogens (tertiary/aromatic N) is 3. The summed E-state index contributed by atoms with van der Waals surface area (Å²) in [5.41, 5.74) is 2.82. The molecule has 2 aromatic heterocycles. The zero-order chi connectivity index (χ0) is 15.4. The molecule has 0 aliphatic carbocycles. The molecular formula is C17H19N3O2. The number of hydrogen-bond donors (Lipinski definition) is 0. The van der Waals surface area contributed by atoms with Crippen molar-refractivity contribution >= 4 is 11.2 Å². The lowest BCUT2D eigenvalue weighted by Crippen LogP contribution is -2.04. The summed E-state index contributed by atoms with van der Waals surface area (Å²) in [7, 11) is 3.38. The minimum Gasteiger partial charge on any atom is -0.497 e. The molecule has 1 aromatic carbocycles. The van der Waals surface area contributed by atoms with Crippen LogP contribution in [0, 0.1) is 0 Å². The average Bonchev–Trinajstić information content (AvgIpc) is 2.94. The van der Waals surface area contributed by atoms with Gasteiger partial charge >= 0.3 is 0 Å². The predicted molar refractivity (Wildman–Crippen MR) is 86.0 cm³/mol. The Morgan fingerprint density at radius 3 is 2.86 bits per heavy atom. The zero-order valence-electron chi connectivity index (χ0n) is 12.8. The maximum absolute atomic E-state index is 5.32. The van der Waals surface area contributed by atoms with E-state index in [4.69, 9.17) is 14.5 Å². The van der Waals surface area contributed by atoms with E-state index in [2.05, 4.69) is 9.55 Å². The Hall–Kier alpha value is -2.40. The van der Waals surface area contributed by atoms with Gasteiger partial charge in [-0.15, -0.1) is 0 Å². The van der Waals surface area contributed by atoms with Crippen LogP contribution in [0.15, 0.2) is 42.6 Å². The van der Waals surface area contributed by atoms with Crippen molar-refractivity contribution in [3.63, 3.8) is 0 Å². The van der Waals surface area contributed by atoms with Gasteiger partial charge in [0.2, 0.25) is 0 Å². The minimum atomic E-state index is 0.712. The molecule has 2 heterocycles. The summed E-state index contributed by atoms with van der Waals surface area (Å²) >= 11 is 0. The maximum atomic E-state index is 5.32. The van der Waals surface area contributed by atoms with Gasteiger partial charge in [-0.1, -0.05) is 12.1 Å². The molecule has 0 saturated carbocycles. The van der Waals surface area contributed by atoms with Crippen molar-refractivity contribution in [2.45, 2.75) is 13.0 Å². The second-order valence-corrected chi connectivity index (χ2v) is 5.01. The first kappa shape index (κ1) is 14.5. The fourth-order valence-electron chi connectivity index (χ4n) is 2.52. The summed E-state index contributed by atoms with van der Waals surface area (Å²) in [6.07, 6.45) is 2.71. The van der Waals surface area contributed by atoms with E-state index in [-0.39, 0.29) is 0 Å². The topological polar surface area (TPSA) is 49.2 Å². The molecule has 0 bridgehead atoms. The Kier molecular flexibility index (Phi) is 4.34. The summed E-state index contributed by atoms with van der Waals surface area (Å²) in [6.45, 7) is 1.53. The van der Waals surface area contributed by atoms with Gasteiger partial charge in [0.25, 0.3) is 0 Å². The van der Waals surface area contributed by atoms with Gasteiger partial charge in [0.1, 0.15) is 17.1 Å². The van der Waals surface area contributed by atoms with Gasteiger partial charge in [-0.05, 0) is 30.7 Å². The Morgan fingerprint density at radius 2 is 2.05 bits per heavy atom. The molecule has 0 aliphatic rings. The highest BCUT2D eigenvalue weighted by Gasteiger charge is 2.13. The first-order valence-electron chi connectivity index (χ1n) is 7.28.